The Morgan fingerprint density at radius 2 is 2.17 bits per heavy atom. The van der Waals surface area contributed by atoms with Crippen LogP contribution in [0.15, 0.2) is 0 Å². The second kappa shape index (κ2) is 9.53. The third kappa shape index (κ3) is 8.98. The molecule has 0 atom stereocenters. The molecule has 36 valence electrons. The molecular weight excluding hydrogens is 152 g/mol. The van der Waals surface area contributed by atoms with Gasteiger partial charge < -0.3 is 2.85 Å². The van der Waals surface area contributed by atoms with Crippen molar-refractivity contribution in [3.63, 3.8) is 0 Å². The first-order valence-electron chi connectivity index (χ1n) is 1.97. The average molecular weight is 163 g/mol. The molecule has 2 heteroatoms. The van der Waals surface area contributed by atoms with Gasteiger partial charge in [-0.05, 0) is 6.42 Å². The third-order valence-electron chi connectivity index (χ3n) is 0.487. The summed E-state index contributed by atoms with van der Waals surface area (Å²) in [6.45, 7) is 2.18. The van der Waals surface area contributed by atoms with E-state index >= 15 is 0 Å². The molecule has 0 saturated heterocycles. The predicted molar refractivity (Wildman–Crippen MR) is 36.7 cm³/mol. The first kappa shape index (κ1) is 10.3. The van der Waals surface area contributed by atoms with Crippen LogP contribution in [0.5, 0.6) is 0 Å². The molecule has 0 aromatic carbocycles. The fraction of sp³-hybridized carbons (Fsp3) is 1.00. The number of hydrogen-bond donors (Lipinski definition) is 0. The summed E-state index contributed by atoms with van der Waals surface area (Å²) in [6.07, 6.45) is 2.60. The Labute approximate surface area is 66.9 Å². The number of hydrogen-bond acceptors (Lipinski definition) is 0. The van der Waals surface area contributed by atoms with Crippen LogP contribution in [0, 0.1) is 0 Å². The third-order valence-corrected chi connectivity index (χ3v) is 1.05. The van der Waals surface area contributed by atoms with E-state index in [1.807, 2.05) is 0 Å². The van der Waals surface area contributed by atoms with E-state index in [0.29, 0.717) is 0 Å². The molecule has 0 N–H and O–H groups in total. The van der Waals surface area contributed by atoms with E-state index in [4.69, 9.17) is 0 Å². The van der Waals surface area contributed by atoms with Crippen LogP contribution in [0.3, 0.4) is 0 Å². The Morgan fingerprint density at radius 1 is 1.67 bits per heavy atom. The Bertz CT molecular complexity index is 21.5. The average Bonchev–Trinajstić information content (AvgIpc) is 1.41. The summed E-state index contributed by atoms with van der Waals surface area (Å²) in [7, 11) is 0. The summed E-state index contributed by atoms with van der Waals surface area (Å²) in [5.74, 6) is 0. The van der Waals surface area contributed by atoms with Gasteiger partial charge in [0.1, 0.15) is 0 Å². The van der Waals surface area contributed by atoms with E-state index in [9.17, 15) is 0 Å². The van der Waals surface area contributed by atoms with Crippen molar-refractivity contribution in [3.8, 4) is 0 Å². The summed E-state index contributed by atoms with van der Waals surface area (Å²) in [5.41, 5.74) is 0. The summed E-state index contributed by atoms with van der Waals surface area (Å²) in [6, 6.07) is 0. The van der Waals surface area contributed by atoms with E-state index in [1.54, 1.807) is 0 Å². The van der Waals surface area contributed by atoms with Gasteiger partial charge in [0.15, 0.2) is 0 Å². The fourth-order valence-corrected chi connectivity index (χ4v) is 0.694. The van der Waals surface area contributed by atoms with Gasteiger partial charge in [0, 0.05) is 5.33 Å². The molecule has 0 aromatic rings. The SMILES string of the molecule is CCCCBr.[H-].[H-].[Mg+2]. The van der Waals surface area contributed by atoms with Crippen LogP contribution >= 0.6 is 15.9 Å². The summed E-state index contributed by atoms with van der Waals surface area (Å²) >= 11 is 3.31. The molecule has 0 radical (unpaired) electrons. The maximum Gasteiger partial charge on any atom is 2.00 e. The first-order chi connectivity index (χ1) is 2.41. The largest absolute Gasteiger partial charge is 2.00 e. The van der Waals surface area contributed by atoms with E-state index in [1.165, 1.54) is 12.8 Å². The van der Waals surface area contributed by atoms with E-state index in [0.717, 1.165) is 5.33 Å². The zero-order valence-electron chi connectivity index (χ0n) is 6.21. The van der Waals surface area contributed by atoms with Crippen LogP contribution in [0.2, 0.25) is 0 Å². The predicted octanol–water partition coefficient (Wildman–Crippen LogP) is 2.03. The summed E-state index contributed by atoms with van der Waals surface area (Å²) in [5, 5.41) is 1.16. The van der Waals surface area contributed by atoms with Crippen molar-refractivity contribution in [3.05, 3.63) is 0 Å². The first-order valence-corrected chi connectivity index (χ1v) is 3.10. The van der Waals surface area contributed by atoms with Crippen molar-refractivity contribution in [1.29, 1.82) is 0 Å². The molecule has 0 rings (SSSR count). The van der Waals surface area contributed by atoms with E-state index in [2.05, 4.69) is 22.9 Å². The molecule has 0 bridgehead atoms. The number of rotatable bonds is 2. The van der Waals surface area contributed by atoms with Gasteiger partial charge in [-0.25, -0.2) is 0 Å². The van der Waals surface area contributed by atoms with Crippen LogP contribution in [0.1, 0.15) is 22.6 Å². The molecule has 6 heavy (non-hydrogen) atoms. The minimum absolute atomic E-state index is 0. The Morgan fingerprint density at radius 3 is 2.17 bits per heavy atom. The maximum atomic E-state index is 3.31. The quantitative estimate of drug-likeness (QED) is 0.431. The number of halogens is 1. The van der Waals surface area contributed by atoms with Crippen molar-refractivity contribution >= 4 is 39.0 Å². The molecule has 0 heterocycles. The van der Waals surface area contributed by atoms with E-state index in [-0.39, 0.29) is 25.9 Å². The molecule has 0 spiro atoms. The molecule has 0 unspecified atom stereocenters. The summed E-state index contributed by atoms with van der Waals surface area (Å²) in [4.78, 5) is 0. The van der Waals surface area contributed by atoms with Crippen LogP contribution in [-0.4, -0.2) is 28.4 Å². The number of alkyl halides is 1. The van der Waals surface area contributed by atoms with Gasteiger partial charge in [-0.2, -0.15) is 0 Å². The van der Waals surface area contributed by atoms with Crippen LogP contribution in [-0.2, 0) is 0 Å². The summed E-state index contributed by atoms with van der Waals surface area (Å²) < 4.78 is 0. The van der Waals surface area contributed by atoms with Crippen molar-refractivity contribution in [2.24, 2.45) is 0 Å². The van der Waals surface area contributed by atoms with Gasteiger partial charge in [0.05, 0.1) is 0 Å². The van der Waals surface area contributed by atoms with Crippen LogP contribution < -0.4 is 0 Å². The maximum absolute atomic E-state index is 3.31. The zero-order chi connectivity index (χ0) is 4.12. The molecule has 0 aliphatic rings. The van der Waals surface area contributed by atoms with Gasteiger partial charge in [0.25, 0.3) is 0 Å². The minimum atomic E-state index is 0. The molecule has 0 saturated carbocycles. The normalized spacial score (nSPS) is 7.00. The second-order valence-corrected chi connectivity index (χ2v) is 1.84. The van der Waals surface area contributed by atoms with Crippen molar-refractivity contribution < 1.29 is 2.85 Å². The van der Waals surface area contributed by atoms with Crippen LogP contribution in [0.25, 0.3) is 0 Å². The molecule has 0 aromatic heterocycles. The monoisotopic (exact) mass is 162 g/mol. The van der Waals surface area contributed by atoms with Crippen molar-refractivity contribution in [2.45, 2.75) is 19.8 Å². The van der Waals surface area contributed by atoms with Gasteiger partial charge in [-0.1, -0.05) is 29.3 Å². The smallest absolute Gasteiger partial charge is 1.00 e. The standard InChI is InChI=1S/C4H9Br.Mg.2H/c1-2-3-4-5;;;/h2-4H2,1H3;;;/q;+2;2*-1. The number of unbranched alkanes of at least 4 members (excludes halogenated alkanes) is 1. The Kier molecular flexibility index (Phi) is 16.3. The Hall–Kier alpha value is 1.25. The Balaban J connectivity index is -0.0000000267. The minimum Gasteiger partial charge on any atom is -1.00 e. The van der Waals surface area contributed by atoms with Crippen molar-refractivity contribution in [1.82, 2.24) is 0 Å². The molecule has 0 amide bonds. The van der Waals surface area contributed by atoms with Crippen molar-refractivity contribution in [2.75, 3.05) is 5.33 Å². The molecular formula is C4H11BrMg. The van der Waals surface area contributed by atoms with Gasteiger partial charge in [-0.3, -0.25) is 0 Å². The molecule has 0 nitrogen and oxygen atoms in total. The zero-order valence-corrected chi connectivity index (χ0v) is 7.21. The molecule has 0 aliphatic carbocycles. The van der Waals surface area contributed by atoms with Gasteiger partial charge >= 0.3 is 23.1 Å². The fourth-order valence-electron chi connectivity index (χ4n) is 0.134. The molecule has 0 aliphatic heterocycles. The van der Waals surface area contributed by atoms with Crippen LogP contribution in [0.4, 0.5) is 0 Å². The van der Waals surface area contributed by atoms with Gasteiger partial charge in [-0.15, -0.1) is 0 Å². The van der Waals surface area contributed by atoms with Gasteiger partial charge in [0.2, 0.25) is 0 Å². The van der Waals surface area contributed by atoms with E-state index < -0.39 is 0 Å². The second-order valence-electron chi connectivity index (χ2n) is 1.04. The molecule has 0 fully saturated rings. The topological polar surface area (TPSA) is 0 Å².